The molecule has 60 valence electrons. The Bertz CT molecular complexity index is 93.6. The summed E-state index contributed by atoms with van der Waals surface area (Å²) in [5.41, 5.74) is 4.75. The van der Waals surface area contributed by atoms with Gasteiger partial charge in [-0.3, -0.25) is 0 Å². The van der Waals surface area contributed by atoms with Gasteiger partial charge in [0.15, 0.2) is 0 Å². The number of primary amides is 1. The molecule has 0 aliphatic rings. The van der Waals surface area contributed by atoms with E-state index in [1.165, 1.54) is 12.8 Å². The van der Waals surface area contributed by atoms with E-state index in [0.29, 0.717) is 6.61 Å². The molecule has 0 fully saturated rings. The molecule has 0 saturated carbocycles. The first-order valence-corrected chi connectivity index (χ1v) is 3.69. The van der Waals surface area contributed by atoms with Gasteiger partial charge in [-0.15, -0.1) is 0 Å². The molecule has 0 radical (unpaired) electrons. The smallest absolute Gasteiger partial charge is 0.404 e. The first kappa shape index (κ1) is 9.27. The maximum Gasteiger partial charge on any atom is 0.404 e. The molecule has 0 atom stereocenters. The SMILES string of the molecule is CCCCCCOC(N)=O. The Morgan fingerprint density at radius 1 is 1.40 bits per heavy atom. The van der Waals surface area contributed by atoms with Gasteiger partial charge in [0, 0.05) is 0 Å². The van der Waals surface area contributed by atoms with Crippen LogP contribution in [0.2, 0.25) is 0 Å². The molecule has 0 bridgehead atoms. The number of amides is 1. The molecule has 0 rings (SSSR count). The first-order valence-electron chi connectivity index (χ1n) is 3.69. The monoisotopic (exact) mass is 145 g/mol. The summed E-state index contributed by atoms with van der Waals surface area (Å²) in [7, 11) is 0. The first-order chi connectivity index (χ1) is 4.77. The van der Waals surface area contributed by atoms with Crippen LogP contribution < -0.4 is 5.73 Å². The second-order valence-corrected chi connectivity index (χ2v) is 2.23. The number of carbonyl (C=O) groups excluding carboxylic acids is 1. The predicted octanol–water partition coefficient (Wildman–Crippen LogP) is 1.66. The molecule has 0 aromatic carbocycles. The molecule has 3 heteroatoms. The normalized spacial score (nSPS) is 9.30. The van der Waals surface area contributed by atoms with E-state index in [2.05, 4.69) is 11.7 Å². The van der Waals surface area contributed by atoms with Gasteiger partial charge in [0.2, 0.25) is 0 Å². The highest BCUT2D eigenvalue weighted by Crippen LogP contribution is 1.98. The quantitative estimate of drug-likeness (QED) is 0.598. The lowest BCUT2D eigenvalue weighted by Gasteiger charge is -1.99. The second-order valence-electron chi connectivity index (χ2n) is 2.23. The van der Waals surface area contributed by atoms with Gasteiger partial charge in [-0.05, 0) is 6.42 Å². The molecular weight excluding hydrogens is 130 g/mol. The molecular formula is C7H15NO2. The van der Waals surface area contributed by atoms with E-state index in [1.807, 2.05) is 0 Å². The van der Waals surface area contributed by atoms with Gasteiger partial charge < -0.3 is 10.5 Å². The zero-order valence-corrected chi connectivity index (χ0v) is 6.43. The van der Waals surface area contributed by atoms with Crippen LogP contribution in [0.15, 0.2) is 0 Å². The second kappa shape index (κ2) is 6.39. The van der Waals surface area contributed by atoms with Crippen LogP contribution in [-0.2, 0) is 4.74 Å². The van der Waals surface area contributed by atoms with E-state index in [9.17, 15) is 4.79 Å². The molecule has 2 N–H and O–H groups in total. The van der Waals surface area contributed by atoms with Crippen LogP contribution in [-0.4, -0.2) is 12.7 Å². The zero-order valence-electron chi connectivity index (χ0n) is 6.43. The lowest BCUT2D eigenvalue weighted by Crippen LogP contribution is -2.13. The summed E-state index contributed by atoms with van der Waals surface area (Å²) >= 11 is 0. The fourth-order valence-corrected chi connectivity index (χ4v) is 0.702. The lowest BCUT2D eigenvalue weighted by molar-refractivity contribution is 0.154. The van der Waals surface area contributed by atoms with Crippen molar-refractivity contribution in [2.45, 2.75) is 32.6 Å². The number of rotatable bonds is 5. The number of carbonyl (C=O) groups is 1. The summed E-state index contributed by atoms with van der Waals surface area (Å²) in [6.45, 7) is 2.60. The van der Waals surface area contributed by atoms with Crippen LogP contribution in [0.1, 0.15) is 32.6 Å². The van der Waals surface area contributed by atoms with Crippen LogP contribution in [0.25, 0.3) is 0 Å². The fraction of sp³-hybridized carbons (Fsp3) is 0.857. The van der Waals surface area contributed by atoms with Gasteiger partial charge in [-0.25, -0.2) is 4.79 Å². The van der Waals surface area contributed by atoms with E-state index in [4.69, 9.17) is 5.73 Å². The molecule has 0 aromatic heterocycles. The van der Waals surface area contributed by atoms with Crippen molar-refractivity contribution in [1.82, 2.24) is 0 Å². The minimum absolute atomic E-state index is 0.468. The van der Waals surface area contributed by atoms with E-state index in [1.54, 1.807) is 0 Å². The van der Waals surface area contributed by atoms with Crippen molar-refractivity contribution in [3.05, 3.63) is 0 Å². The van der Waals surface area contributed by atoms with Crippen molar-refractivity contribution >= 4 is 6.09 Å². The zero-order chi connectivity index (χ0) is 7.82. The van der Waals surface area contributed by atoms with Crippen LogP contribution >= 0.6 is 0 Å². The molecule has 0 aliphatic carbocycles. The third-order valence-electron chi connectivity index (χ3n) is 1.24. The fourth-order valence-electron chi connectivity index (χ4n) is 0.702. The average Bonchev–Trinajstić information content (AvgIpc) is 1.87. The number of nitrogens with two attached hydrogens (primary N) is 1. The van der Waals surface area contributed by atoms with Crippen LogP contribution in [0.5, 0.6) is 0 Å². The van der Waals surface area contributed by atoms with Gasteiger partial charge in [-0.1, -0.05) is 26.2 Å². The highest BCUT2D eigenvalue weighted by molar-refractivity contribution is 5.64. The largest absolute Gasteiger partial charge is 0.450 e. The van der Waals surface area contributed by atoms with Gasteiger partial charge in [0.25, 0.3) is 0 Å². The van der Waals surface area contributed by atoms with E-state index < -0.39 is 6.09 Å². The van der Waals surface area contributed by atoms with Crippen LogP contribution in [0.4, 0.5) is 4.79 Å². The maximum atomic E-state index is 10.0. The molecule has 0 heterocycles. The Hall–Kier alpha value is -0.730. The molecule has 10 heavy (non-hydrogen) atoms. The summed E-state index contributed by atoms with van der Waals surface area (Å²) in [6.07, 6.45) is 3.76. The summed E-state index contributed by atoms with van der Waals surface area (Å²) in [4.78, 5) is 10.0. The summed E-state index contributed by atoms with van der Waals surface area (Å²) in [5.74, 6) is 0. The minimum Gasteiger partial charge on any atom is -0.450 e. The van der Waals surface area contributed by atoms with Gasteiger partial charge in [0.05, 0.1) is 6.61 Å². The minimum atomic E-state index is -0.670. The Morgan fingerprint density at radius 3 is 2.60 bits per heavy atom. The van der Waals surface area contributed by atoms with Gasteiger partial charge in [-0.2, -0.15) is 0 Å². The topological polar surface area (TPSA) is 52.3 Å². The highest BCUT2D eigenvalue weighted by atomic mass is 16.5. The number of hydrogen-bond acceptors (Lipinski definition) is 2. The van der Waals surface area contributed by atoms with E-state index in [0.717, 1.165) is 12.8 Å². The highest BCUT2D eigenvalue weighted by Gasteiger charge is 1.91. The summed E-state index contributed by atoms with van der Waals surface area (Å²) in [6, 6.07) is 0. The van der Waals surface area contributed by atoms with E-state index in [-0.39, 0.29) is 0 Å². The van der Waals surface area contributed by atoms with Gasteiger partial charge >= 0.3 is 6.09 Å². The predicted molar refractivity (Wildman–Crippen MR) is 39.7 cm³/mol. The van der Waals surface area contributed by atoms with Crippen molar-refractivity contribution in [1.29, 1.82) is 0 Å². The van der Waals surface area contributed by atoms with Crippen molar-refractivity contribution in [2.24, 2.45) is 5.73 Å². The Kier molecular flexibility index (Phi) is 5.92. The van der Waals surface area contributed by atoms with Crippen molar-refractivity contribution < 1.29 is 9.53 Å². The number of hydrogen-bond donors (Lipinski definition) is 1. The molecule has 0 unspecified atom stereocenters. The van der Waals surface area contributed by atoms with Crippen molar-refractivity contribution in [2.75, 3.05) is 6.61 Å². The molecule has 0 aliphatic heterocycles. The van der Waals surface area contributed by atoms with Crippen molar-refractivity contribution in [3.8, 4) is 0 Å². The Labute approximate surface area is 61.5 Å². The third-order valence-corrected chi connectivity index (χ3v) is 1.24. The third kappa shape index (κ3) is 7.27. The average molecular weight is 145 g/mol. The molecule has 1 amide bonds. The number of ether oxygens (including phenoxy) is 1. The molecule has 3 nitrogen and oxygen atoms in total. The van der Waals surface area contributed by atoms with Crippen LogP contribution in [0, 0.1) is 0 Å². The van der Waals surface area contributed by atoms with Crippen molar-refractivity contribution in [3.63, 3.8) is 0 Å². The Morgan fingerprint density at radius 2 is 2.10 bits per heavy atom. The maximum absolute atomic E-state index is 10.0. The summed E-state index contributed by atoms with van der Waals surface area (Å²) in [5, 5.41) is 0. The molecule has 0 aromatic rings. The summed E-state index contributed by atoms with van der Waals surface area (Å²) < 4.78 is 4.53. The standard InChI is InChI=1S/C7H15NO2/c1-2-3-4-5-6-10-7(8)9/h2-6H2,1H3,(H2,8,9). The Balaban J connectivity index is 2.84. The van der Waals surface area contributed by atoms with Gasteiger partial charge in [0.1, 0.15) is 0 Å². The molecule has 0 saturated heterocycles. The lowest BCUT2D eigenvalue weighted by atomic mass is 10.2. The van der Waals surface area contributed by atoms with Crippen LogP contribution in [0.3, 0.4) is 0 Å². The number of unbranched alkanes of at least 4 members (excludes halogenated alkanes) is 3. The van der Waals surface area contributed by atoms with E-state index >= 15 is 0 Å². The molecule has 0 spiro atoms.